The molecule has 2 aromatic heterocycles. The third kappa shape index (κ3) is 4.93. The highest BCUT2D eigenvalue weighted by Crippen LogP contribution is 2.35. The lowest BCUT2D eigenvalue weighted by Gasteiger charge is -2.30. The molecule has 4 heterocycles. The molecule has 0 unspecified atom stereocenters. The van der Waals surface area contributed by atoms with Gasteiger partial charge in [0.25, 0.3) is 5.91 Å². The van der Waals surface area contributed by atoms with Crippen LogP contribution in [0.25, 0.3) is 16.9 Å². The minimum absolute atomic E-state index is 0.00321. The number of hydrogen-bond acceptors (Lipinski definition) is 5. The summed E-state index contributed by atoms with van der Waals surface area (Å²) in [5.41, 5.74) is 3.12. The number of pyridine rings is 1. The number of ether oxygens (including phenoxy) is 2. The molecule has 1 aromatic carbocycles. The van der Waals surface area contributed by atoms with Crippen LogP contribution in [0, 0.1) is 0 Å². The van der Waals surface area contributed by atoms with Gasteiger partial charge in [0.1, 0.15) is 30.3 Å². The maximum absolute atomic E-state index is 12.9. The predicted octanol–water partition coefficient (Wildman–Crippen LogP) is 4.05. The van der Waals surface area contributed by atoms with Gasteiger partial charge in [-0.05, 0) is 56.1 Å². The third-order valence-electron chi connectivity index (χ3n) is 6.58. The number of alkyl halides is 3. The van der Waals surface area contributed by atoms with Crippen molar-refractivity contribution >= 4 is 11.6 Å². The minimum atomic E-state index is -4.45. The van der Waals surface area contributed by atoms with Crippen LogP contribution in [0.2, 0.25) is 0 Å². The van der Waals surface area contributed by atoms with Crippen LogP contribution in [-0.4, -0.2) is 77.7 Å². The van der Waals surface area contributed by atoms with E-state index in [0.717, 1.165) is 41.5 Å². The zero-order valence-electron chi connectivity index (χ0n) is 19.5. The van der Waals surface area contributed by atoms with Gasteiger partial charge in [0.05, 0.1) is 24.6 Å². The molecule has 10 heteroatoms. The van der Waals surface area contributed by atoms with E-state index in [0.29, 0.717) is 24.2 Å². The SMILES string of the molecule is COc1cc(-c2cnc3cc(OCCN4CCCC4)ccn23)cc2c1C(=O)N(CC(F)(F)F)CC2. The van der Waals surface area contributed by atoms with Crippen molar-refractivity contribution in [1.82, 2.24) is 19.2 Å². The van der Waals surface area contributed by atoms with Crippen molar-refractivity contribution in [2.24, 2.45) is 0 Å². The molecule has 5 rings (SSSR count). The number of imidazole rings is 1. The first-order valence-electron chi connectivity index (χ1n) is 11.7. The van der Waals surface area contributed by atoms with Crippen molar-refractivity contribution in [1.29, 1.82) is 0 Å². The van der Waals surface area contributed by atoms with Crippen molar-refractivity contribution in [2.45, 2.75) is 25.4 Å². The summed E-state index contributed by atoms with van der Waals surface area (Å²) in [5, 5.41) is 0. The second-order valence-corrected chi connectivity index (χ2v) is 8.94. The van der Waals surface area contributed by atoms with Gasteiger partial charge in [-0.25, -0.2) is 4.98 Å². The summed E-state index contributed by atoms with van der Waals surface area (Å²) in [6.45, 7) is 2.50. The van der Waals surface area contributed by atoms with Crippen LogP contribution in [0.1, 0.15) is 28.8 Å². The Morgan fingerprint density at radius 2 is 1.91 bits per heavy atom. The second-order valence-electron chi connectivity index (χ2n) is 8.94. The number of methoxy groups -OCH3 is 1. The molecule has 7 nitrogen and oxygen atoms in total. The zero-order chi connectivity index (χ0) is 24.6. The van der Waals surface area contributed by atoms with E-state index in [9.17, 15) is 18.0 Å². The van der Waals surface area contributed by atoms with E-state index in [2.05, 4.69) is 9.88 Å². The summed E-state index contributed by atoms with van der Waals surface area (Å²) in [4.78, 5) is 20.5. The molecule has 0 spiro atoms. The molecule has 0 N–H and O–H groups in total. The van der Waals surface area contributed by atoms with Gasteiger partial charge in [-0.2, -0.15) is 13.2 Å². The number of fused-ring (bicyclic) bond motifs is 2. The van der Waals surface area contributed by atoms with E-state index in [1.54, 1.807) is 12.3 Å². The molecule has 0 aliphatic carbocycles. The van der Waals surface area contributed by atoms with E-state index in [1.807, 2.05) is 28.8 Å². The second kappa shape index (κ2) is 9.41. The van der Waals surface area contributed by atoms with Gasteiger partial charge in [-0.1, -0.05) is 0 Å². The fourth-order valence-corrected chi connectivity index (χ4v) is 4.87. The van der Waals surface area contributed by atoms with Crippen molar-refractivity contribution < 1.29 is 27.4 Å². The Balaban J connectivity index is 1.38. The van der Waals surface area contributed by atoms with E-state index >= 15 is 0 Å². The fourth-order valence-electron chi connectivity index (χ4n) is 4.87. The van der Waals surface area contributed by atoms with E-state index in [4.69, 9.17) is 9.47 Å². The molecule has 1 saturated heterocycles. The number of hydrogen-bond donors (Lipinski definition) is 0. The first-order valence-corrected chi connectivity index (χ1v) is 11.7. The smallest absolute Gasteiger partial charge is 0.406 e. The summed E-state index contributed by atoms with van der Waals surface area (Å²) < 4.78 is 51.9. The normalized spacial score (nSPS) is 16.7. The molecular weight excluding hydrogens is 461 g/mol. The van der Waals surface area contributed by atoms with Gasteiger partial charge in [0, 0.05) is 30.9 Å². The molecule has 1 amide bonds. The number of halogens is 3. The number of nitrogens with zero attached hydrogens (tertiary/aromatic N) is 4. The Morgan fingerprint density at radius 3 is 2.66 bits per heavy atom. The summed E-state index contributed by atoms with van der Waals surface area (Å²) >= 11 is 0. The van der Waals surface area contributed by atoms with Gasteiger partial charge >= 0.3 is 6.18 Å². The van der Waals surface area contributed by atoms with Crippen LogP contribution >= 0.6 is 0 Å². The number of carbonyl (C=O) groups is 1. The highest BCUT2D eigenvalue weighted by molar-refractivity contribution is 6.00. The van der Waals surface area contributed by atoms with Gasteiger partial charge in [0.2, 0.25) is 0 Å². The van der Waals surface area contributed by atoms with Crippen molar-refractivity contribution in [3.05, 3.63) is 47.8 Å². The quantitative estimate of drug-likeness (QED) is 0.503. The van der Waals surface area contributed by atoms with E-state index < -0.39 is 18.6 Å². The Kier molecular flexibility index (Phi) is 6.31. The maximum atomic E-state index is 12.9. The lowest BCUT2D eigenvalue weighted by atomic mass is 9.94. The zero-order valence-corrected chi connectivity index (χ0v) is 19.5. The third-order valence-corrected chi connectivity index (χ3v) is 6.58. The van der Waals surface area contributed by atoms with Crippen LogP contribution in [-0.2, 0) is 6.42 Å². The molecule has 186 valence electrons. The molecule has 35 heavy (non-hydrogen) atoms. The molecule has 0 bridgehead atoms. The summed E-state index contributed by atoms with van der Waals surface area (Å²) in [6, 6.07) is 7.28. The van der Waals surface area contributed by atoms with Gasteiger partial charge in [-0.3, -0.25) is 14.1 Å². The Morgan fingerprint density at radius 1 is 1.11 bits per heavy atom. The molecule has 2 aliphatic heterocycles. The van der Waals surface area contributed by atoms with Crippen LogP contribution in [0.4, 0.5) is 13.2 Å². The van der Waals surface area contributed by atoms with Crippen molar-refractivity contribution in [3.63, 3.8) is 0 Å². The number of rotatable bonds is 7. The lowest BCUT2D eigenvalue weighted by Crippen LogP contribution is -2.43. The minimum Gasteiger partial charge on any atom is -0.496 e. The van der Waals surface area contributed by atoms with Crippen LogP contribution in [0.15, 0.2) is 36.7 Å². The molecule has 1 fully saturated rings. The van der Waals surface area contributed by atoms with Gasteiger partial charge in [0.15, 0.2) is 0 Å². The van der Waals surface area contributed by atoms with Crippen LogP contribution in [0.3, 0.4) is 0 Å². The summed E-state index contributed by atoms with van der Waals surface area (Å²) in [6.07, 6.45) is 1.96. The van der Waals surface area contributed by atoms with Crippen LogP contribution < -0.4 is 9.47 Å². The van der Waals surface area contributed by atoms with Crippen LogP contribution in [0.5, 0.6) is 11.5 Å². The topological polar surface area (TPSA) is 59.3 Å². The summed E-state index contributed by atoms with van der Waals surface area (Å²) in [7, 11) is 1.41. The number of carbonyl (C=O) groups excluding carboxylic acids is 1. The summed E-state index contributed by atoms with van der Waals surface area (Å²) in [5.74, 6) is 0.333. The first-order chi connectivity index (χ1) is 16.8. The molecule has 0 atom stereocenters. The number of likely N-dealkylation sites (tertiary alicyclic amines) is 1. The lowest BCUT2D eigenvalue weighted by molar-refractivity contribution is -0.141. The van der Waals surface area contributed by atoms with Gasteiger partial charge in [-0.15, -0.1) is 0 Å². The van der Waals surface area contributed by atoms with Crippen molar-refractivity contribution in [3.8, 4) is 22.8 Å². The Bertz CT molecular complexity index is 1220. The van der Waals surface area contributed by atoms with E-state index in [-0.39, 0.29) is 17.9 Å². The average Bonchev–Trinajstić information content (AvgIpc) is 3.49. The van der Waals surface area contributed by atoms with Crippen molar-refractivity contribution in [2.75, 3.05) is 46.4 Å². The molecular formula is C25H27F3N4O3. The molecule has 0 radical (unpaired) electrons. The average molecular weight is 489 g/mol. The van der Waals surface area contributed by atoms with Gasteiger partial charge < -0.3 is 14.4 Å². The molecule has 0 saturated carbocycles. The Labute approximate surface area is 201 Å². The largest absolute Gasteiger partial charge is 0.496 e. The monoisotopic (exact) mass is 488 g/mol. The predicted molar refractivity (Wildman–Crippen MR) is 124 cm³/mol. The highest BCUT2D eigenvalue weighted by Gasteiger charge is 2.37. The first kappa shape index (κ1) is 23.5. The molecule has 3 aromatic rings. The van der Waals surface area contributed by atoms with E-state index in [1.165, 1.54) is 20.0 Å². The Hall–Kier alpha value is -3.27. The number of benzene rings is 1. The maximum Gasteiger partial charge on any atom is 0.406 e. The number of amides is 1. The highest BCUT2D eigenvalue weighted by atomic mass is 19.4. The number of aromatic nitrogens is 2. The molecule has 2 aliphatic rings. The fraction of sp³-hybridized carbons (Fsp3) is 0.440. The standard InChI is InChI=1S/C25H27F3N4O3/c1-34-21-13-18(12-17-4-8-31(16-25(26,27)28)24(33)23(17)21)20-15-29-22-14-19(5-9-32(20)22)35-11-10-30-6-2-3-7-30/h5,9,12-15H,2-4,6-8,10-11,16H2,1H3.